The number of hydrogen-bond donors (Lipinski definition) is 1. The first-order chi connectivity index (χ1) is 9.00. The predicted molar refractivity (Wildman–Crippen MR) is 70.7 cm³/mol. The summed E-state index contributed by atoms with van der Waals surface area (Å²) in [7, 11) is 0. The lowest BCUT2D eigenvalue weighted by molar-refractivity contribution is 0.0694. The maximum atomic E-state index is 11.5. The van der Waals surface area contributed by atoms with E-state index in [2.05, 4.69) is 10.2 Å². The molecule has 0 bridgehead atoms. The zero-order chi connectivity index (χ0) is 14.0. The third kappa shape index (κ3) is 2.84. The van der Waals surface area contributed by atoms with Gasteiger partial charge >= 0.3 is 5.97 Å². The van der Waals surface area contributed by atoms with E-state index in [1.165, 1.54) is 0 Å². The first-order valence-corrected chi connectivity index (χ1v) is 6.44. The first-order valence-electron chi connectivity index (χ1n) is 6.44. The number of aromatic carboxylic acids is 1. The molecule has 1 atom stereocenters. The number of aryl methyl sites for hydroxylation is 1. The van der Waals surface area contributed by atoms with Crippen LogP contribution in [0.4, 0.5) is 5.82 Å². The Balaban J connectivity index is 2.43. The smallest absolute Gasteiger partial charge is 0.339 e. The summed E-state index contributed by atoms with van der Waals surface area (Å²) in [5.41, 5.74) is 1.58. The summed E-state index contributed by atoms with van der Waals surface area (Å²) in [6.45, 7) is 7.59. The number of aromatic nitrogens is 2. The Kier molecular flexibility index (Phi) is 3.99. The molecule has 1 aliphatic heterocycles. The number of carboxylic acids is 1. The van der Waals surface area contributed by atoms with Crippen LogP contribution in [0.5, 0.6) is 0 Å². The van der Waals surface area contributed by atoms with Crippen molar-refractivity contribution in [1.29, 1.82) is 0 Å². The van der Waals surface area contributed by atoms with E-state index in [0.717, 1.165) is 13.0 Å². The van der Waals surface area contributed by atoms with Crippen LogP contribution in [0.3, 0.4) is 0 Å². The molecule has 6 heteroatoms. The molecule has 0 aromatic carbocycles. The van der Waals surface area contributed by atoms with Crippen molar-refractivity contribution in [2.24, 2.45) is 0 Å². The number of carboxylic acid groups (broad SMARTS) is 1. The minimum Gasteiger partial charge on any atom is -0.478 e. The van der Waals surface area contributed by atoms with E-state index in [1.54, 1.807) is 13.8 Å². The standard InChI is InChI=1S/C13H19N3O3/c1-8-7-16(5-4-6-19-8)12-11(13(17)18)9(2)10(3)14-15-12/h8H,4-7H2,1-3H3,(H,17,18). The number of anilines is 1. The van der Waals surface area contributed by atoms with Crippen LogP contribution in [0.25, 0.3) is 0 Å². The molecule has 1 N–H and O–H groups in total. The second kappa shape index (κ2) is 5.52. The van der Waals surface area contributed by atoms with Crippen molar-refractivity contribution in [3.8, 4) is 0 Å². The Morgan fingerprint density at radius 1 is 1.42 bits per heavy atom. The summed E-state index contributed by atoms with van der Waals surface area (Å²) in [6, 6.07) is 0. The molecule has 0 spiro atoms. The Bertz CT molecular complexity index is 490. The van der Waals surface area contributed by atoms with E-state index in [-0.39, 0.29) is 11.7 Å². The average molecular weight is 265 g/mol. The summed E-state index contributed by atoms with van der Waals surface area (Å²) in [6.07, 6.45) is 0.922. The largest absolute Gasteiger partial charge is 0.478 e. The fourth-order valence-corrected chi connectivity index (χ4v) is 2.26. The molecule has 104 valence electrons. The van der Waals surface area contributed by atoms with Crippen LogP contribution in [0.15, 0.2) is 0 Å². The van der Waals surface area contributed by atoms with Crippen LogP contribution < -0.4 is 4.90 Å². The molecule has 0 amide bonds. The molecule has 6 nitrogen and oxygen atoms in total. The highest BCUT2D eigenvalue weighted by Crippen LogP contribution is 2.23. The summed E-state index contributed by atoms with van der Waals surface area (Å²) >= 11 is 0. The minimum absolute atomic E-state index is 0.0626. The zero-order valence-corrected chi connectivity index (χ0v) is 11.5. The fraction of sp³-hybridized carbons (Fsp3) is 0.615. The van der Waals surface area contributed by atoms with E-state index in [1.807, 2.05) is 11.8 Å². The van der Waals surface area contributed by atoms with Crippen molar-refractivity contribution in [2.45, 2.75) is 33.3 Å². The maximum Gasteiger partial charge on any atom is 0.339 e. The zero-order valence-electron chi connectivity index (χ0n) is 11.5. The minimum atomic E-state index is -0.955. The first kappa shape index (κ1) is 13.7. The van der Waals surface area contributed by atoms with Gasteiger partial charge in [-0.2, -0.15) is 5.10 Å². The number of carbonyl (C=O) groups is 1. The van der Waals surface area contributed by atoms with Gasteiger partial charge in [0, 0.05) is 19.7 Å². The normalized spacial score (nSPS) is 20.2. The second-order valence-corrected chi connectivity index (χ2v) is 4.90. The van der Waals surface area contributed by atoms with Gasteiger partial charge in [0.05, 0.1) is 11.8 Å². The number of rotatable bonds is 2. The lowest BCUT2D eigenvalue weighted by Crippen LogP contribution is -2.33. The summed E-state index contributed by atoms with van der Waals surface area (Å²) in [4.78, 5) is 13.4. The van der Waals surface area contributed by atoms with Crippen molar-refractivity contribution in [3.05, 3.63) is 16.8 Å². The van der Waals surface area contributed by atoms with E-state index >= 15 is 0 Å². The third-order valence-electron chi connectivity index (χ3n) is 3.40. The van der Waals surface area contributed by atoms with Gasteiger partial charge in [-0.05, 0) is 32.8 Å². The lowest BCUT2D eigenvalue weighted by Gasteiger charge is -2.24. The van der Waals surface area contributed by atoms with Gasteiger partial charge in [-0.15, -0.1) is 5.10 Å². The van der Waals surface area contributed by atoms with Gasteiger partial charge in [0.2, 0.25) is 0 Å². The monoisotopic (exact) mass is 265 g/mol. The van der Waals surface area contributed by atoms with E-state index in [0.29, 0.717) is 30.2 Å². The van der Waals surface area contributed by atoms with Crippen molar-refractivity contribution < 1.29 is 14.6 Å². The SMILES string of the molecule is Cc1nnc(N2CCCOC(C)C2)c(C(=O)O)c1C. The molecule has 2 heterocycles. The highest BCUT2D eigenvalue weighted by Gasteiger charge is 2.24. The van der Waals surface area contributed by atoms with Gasteiger partial charge < -0.3 is 14.7 Å². The summed E-state index contributed by atoms with van der Waals surface area (Å²) in [5.74, 6) is -0.503. The molecule has 2 rings (SSSR count). The third-order valence-corrected chi connectivity index (χ3v) is 3.40. The molecule has 1 saturated heterocycles. The molecule has 19 heavy (non-hydrogen) atoms. The van der Waals surface area contributed by atoms with E-state index in [9.17, 15) is 9.90 Å². The number of hydrogen-bond acceptors (Lipinski definition) is 5. The highest BCUT2D eigenvalue weighted by molar-refractivity contribution is 5.95. The molecule has 1 aliphatic rings. The van der Waals surface area contributed by atoms with Gasteiger partial charge in [-0.1, -0.05) is 0 Å². The topological polar surface area (TPSA) is 75.5 Å². The highest BCUT2D eigenvalue weighted by atomic mass is 16.5. The van der Waals surface area contributed by atoms with Crippen molar-refractivity contribution >= 4 is 11.8 Å². The van der Waals surface area contributed by atoms with Gasteiger partial charge in [0.15, 0.2) is 5.82 Å². The molecule has 0 aliphatic carbocycles. The Morgan fingerprint density at radius 3 is 2.84 bits per heavy atom. The molecule has 1 fully saturated rings. The molecule has 1 aromatic heterocycles. The van der Waals surface area contributed by atoms with Gasteiger partial charge in [-0.25, -0.2) is 4.79 Å². The average Bonchev–Trinajstić information content (AvgIpc) is 2.56. The van der Waals surface area contributed by atoms with Crippen LogP contribution in [0.2, 0.25) is 0 Å². The fourth-order valence-electron chi connectivity index (χ4n) is 2.26. The van der Waals surface area contributed by atoms with Crippen LogP contribution in [-0.2, 0) is 4.74 Å². The molecule has 1 aromatic rings. The Hall–Kier alpha value is -1.69. The number of ether oxygens (including phenoxy) is 1. The van der Waals surface area contributed by atoms with Gasteiger partial charge in [0.1, 0.15) is 5.56 Å². The maximum absolute atomic E-state index is 11.5. The summed E-state index contributed by atoms with van der Waals surface area (Å²) < 4.78 is 5.57. The molecular formula is C13H19N3O3. The van der Waals surface area contributed by atoms with Crippen LogP contribution in [0.1, 0.15) is 35.0 Å². The number of nitrogens with zero attached hydrogens (tertiary/aromatic N) is 3. The Labute approximate surface area is 112 Å². The molecule has 0 saturated carbocycles. The van der Waals surface area contributed by atoms with E-state index in [4.69, 9.17) is 4.74 Å². The molecular weight excluding hydrogens is 246 g/mol. The van der Waals surface area contributed by atoms with Crippen molar-refractivity contribution in [1.82, 2.24) is 10.2 Å². The lowest BCUT2D eigenvalue weighted by atomic mass is 10.1. The van der Waals surface area contributed by atoms with Gasteiger partial charge in [-0.3, -0.25) is 0 Å². The molecule has 1 unspecified atom stereocenters. The van der Waals surface area contributed by atoms with Gasteiger partial charge in [0.25, 0.3) is 0 Å². The van der Waals surface area contributed by atoms with Crippen LogP contribution in [-0.4, -0.2) is 47.1 Å². The Morgan fingerprint density at radius 2 is 2.16 bits per heavy atom. The quantitative estimate of drug-likeness (QED) is 0.871. The predicted octanol–water partition coefficient (Wildman–Crippen LogP) is 1.41. The van der Waals surface area contributed by atoms with Crippen molar-refractivity contribution in [2.75, 3.05) is 24.6 Å². The van der Waals surface area contributed by atoms with Crippen molar-refractivity contribution in [3.63, 3.8) is 0 Å². The summed E-state index contributed by atoms with van der Waals surface area (Å²) in [5, 5.41) is 17.6. The van der Waals surface area contributed by atoms with E-state index < -0.39 is 5.97 Å². The molecule has 0 radical (unpaired) electrons. The second-order valence-electron chi connectivity index (χ2n) is 4.90. The van der Waals surface area contributed by atoms with Crippen LogP contribution in [0, 0.1) is 13.8 Å². The van der Waals surface area contributed by atoms with Crippen LogP contribution >= 0.6 is 0 Å².